The van der Waals surface area contributed by atoms with Gasteiger partial charge in [0, 0.05) is 0 Å². The number of hydrogen-bond donors (Lipinski definition) is 1. The van der Waals surface area contributed by atoms with Crippen LogP contribution in [0.5, 0.6) is 0 Å². The molecule has 1 heterocycles. The van der Waals surface area contributed by atoms with Crippen LogP contribution in [0.25, 0.3) is 0 Å². The molecule has 0 aromatic heterocycles. The highest BCUT2D eigenvalue weighted by Crippen LogP contribution is 2.23. The summed E-state index contributed by atoms with van der Waals surface area (Å²) in [6.45, 7) is 1.29. The zero-order valence-corrected chi connectivity index (χ0v) is 7.16. The Morgan fingerprint density at radius 1 is 1.38 bits per heavy atom. The molecule has 0 radical (unpaired) electrons. The first-order valence-corrected chi connectivity index (χ1v) is 4.15. The Morgan fingerprint density at radius 3 is 2.92 bits per heavy atom. The van der Waals surface area contributed by atoms with Gasteiger partial charge in [0.15, 0.2) is 0 Å². The van der Waals surface area contributed by atoms with Crippen molar-refractivity contribution in [2.75, 3.05) is 0 Å². The van der Waals surface area contributed by atoms with Crippen LogP contribution in [0.1, 0.15) is 22.8 Å². The third kappa shape index (κ3) is 1.44. The molecule has 2 rings (SSSR count). The van der Waals surface area contributed by atoms with E-state index in [9.17, 15) is 5.11 Å². The average molecular weight is 174 g/mol. The Bertz CT molecular complexity index is 363. The monoisotopic (exact) mass is 174 g/mol. The first kappa shape index (κ1) is 8.31. The van der Waals surface area contributed by atoms with Gasteiger partial charge in [-0.05, 0) is 22.8 Å². The molecule has 1 unspecified atom stereocenters. The topological polar surface area (TPSA) is 29.5 Å². The maximum atomic E-state index is 9.38. The molecule has 0 bridgehead atoms. The highest BCUT2D eigenvalue weighted by atomic mass is 16.5. The lowest BCUT2D eigenvalue weighted by Crippen LogP contribution is -1.94. The fraction of sp³-hybridized carbons (Fsp3) is 0.273. The van der Waals surface area contributed by atoms with Crippen molar-refractivity contribution >= 4 is 0 Å². The van der Waals surface area contributed by atoms with Gasteiger partial charge in [0.05, 0.1) is 13.2 Å². The number of rotatable bonds is 1. The Morgan fingerprint density at radius 2 is 2.15 bits per heavy atom. The van der Waals surface area contributed by atoms with Crippen LogP contribution >= 0.6 is 0 Å². The lowest BCUT2D eigenvalue weighted by molar-refractivity contribution is 0.134. The van der Waals surface area contributed by atoms with Crippen molar-refractivity contribution in [3.05, 3.63) is 34.9 Å². The zero-order valence-electron chi connectivity index (χ0n) is 7.16. The van der Waals surface area contributed by atoms with Crippen LogP contribution in [0.3, 0.4) is 0 Å². The first-order valence-electron chi connectivity index (χ1n) is 4.15. The van der Waals surface area contributed by atoms with Crippen molar-refractivity contribution in [2.45, 2.75) is 19.3 Å². The average Bonchev–Trinajstić information content (AvgIpc) is 2.63. The molecule has 0 fully saturated rings. The van der Waals surface area contributed by atoms with E-state index in [2.05, 4.69) is 5.92 Å². The van der Waals surface area contributed by atoms with Gasteiger partial charge < -0.3 is 9.84 Å². The molecule has 1 aliphatic heterocycles. The highest BCUT2D eigenvalue weighted by molar-refractivity contribution is 5.35. The first-order chi connectivity index (χ1) is 6.31. The Hall–Kier alpha value is -1.30. The summed E-state index contributed by atoms with van der Waals surface area (Å²) in [5, 5.41) is 9.38. The minimum absolute atomic E-state index is 0.625. The van der Waals surface area contributed by atoms with Gasteiger partial charge in [-0.25, -0.2) is 0 Å². The maximum Gasteiger partial charge on any atom is 0.139 e. The van der Waals surface area contributed by atoms with Crippen molar-refractivity contribution in [1.29, 1.82) is 0 Å². The summed E-state index contributed by atoms with van der Waals surface area (Å²) in [4.78, 5) is 0. The summed E-state index contributed by atoms with van der Waals surface area (Å²) < 4.78 is 5.25. The quantitative estimate of drug-likeness (QED) is 0.652. The molecule has 0 aliphatic carbocycles. The van der Waals surface area contributed by atoms with Gasteiger partial charge >= 0.3 is 0 Å². The van der Waals surface area contributed by atoms with E-state index in [4.69, 9.17) is 11.2 Å². The molecule has 0 saturated heterocycles. The normalized spacial score (nSPS) is 16.3. The predicted molar refractivity (Wildman–Crippen MR) is 48.7 cm³/mol. The molecule has 1 aromatic rings. The summed E-state index contributed by atoms with van der Waals surface area (Å²) in [5.41, 5.74) is 3.09. The number of hydrogen-bond acceptors (Lipinski definition) is 2. The predicted octanol–water partition coefficient (Wildman–Crippen LogP) is 1.38. The van der Waals surface area contributed by atoms with Crippen LogP contribution < -0.4 is 0 Å². The number of fused-ring (bicyclic) bond motifs is 1. The fourth-order valence-electron chi connectivity index (χ4n) is 1.46. The third-order valence-corrected chi connectivity index (χ3v) is 2.22. The van der Waals surface area contributed by atoms with Crippen LogP contribution in [0.4, 0.5) is 0 Å². The van der Waals surface area contributed by atoms with Gasteiger partial charge in [-0.15, -0.1) is 6.42 Å². The molecule has 0 amide bonds. The number of aliphatic hydroxyl groups excluding tert-OH is 1. The third-order valence-electron chi connectivity index (χ3n) is 2.22. The van der Waals surface area contributed by atoms with Gasteiger partial charge in [-0.1, -0.05) is 18.1 Å². The lowest BCUT2D eigenvalue weighted by Gasteiger charge is -2.05. The van der Waals surface area contributed by atoms with Crippen molar-refractivity contribution in [2.24, 2.45) is 0 Å². The summed E-state index contributed by atoms with van der Waals surface area (Å²) in [6, 6.07) is 5.71. The standard InChI is InChI=1S/C11H10O2/c1-2-11(12)8-3-4-9-6-13-7-10(9)5-8/h1,3-5,11-12H,6-7H2. The molecular formula is C11H10O2. The number of aliphatic hydroxyl groups is 1. The van der Waals surface area contributed by atoms with E-state index >= 15 is 0 Å². The molecule has 1 aliphatic rings. The molecule has 1 aromatic carbocycles. The maximum absolute atomic E-state index is 9.38. The van der Waals surface area contributed by atoms with E-state index in [1.165, 1.54) is 5.56 Å². The van der Waals surface area contributed by atoms with E-state index in [1.807, 2.05) is 18.2 Å². The number of ether oxygens (including phenoxy) is 1. The van der Waals surface area contributed by atoms with Gasteiger partial charge in [0.1, 0.15) is 6.10 Å². The van der Waals surface area contributed by atoms with Crippen molar-refractivity contribution in [3.8, 4) is 12.3 Å². The van der Waals surface area contributed by atoms with Crippen LogP contribution in [-0.4, -0.2) is 5.11 Å². The minimum Gasteiger partial charge on any atom is -0.376 e. The molecule has 13 heavy (non-hydrogen) atoms. The Kier molecular flexibility index (Phi) is 2.05. The molecule has 2 heteroatoms. The molecule has 0 saturated carbocycles. The smallest absolute Gasteiger partial charge is 0.139 e. The number of terminal acetylenes is 1. The second-order valence-corrected chi connectivity index (χ2v) is 3.09. The molecule has 0 spiro atoms. The van der Waals surface area contributed by atoms with Gasteiger partial charge in [-0.2, -0.15) is 0 Å². The summed E-state index contributed by atoms with van der Waals surface area (Å²) in [5.74, 6) is 2.29. The van der Waals surface area contributed by atoms with E-state index in [0.717, 1.165) is 11.1 Å². The number of benzene rings is 1. The molecule has 1 atom stereocenters. The Labute approximate surface area is 77.2 Å². The van der Waals surface area contributed by atoms with E-state index in [-0.39, 0.29) is 0 Å². The zero-order chi connectivity index (χ0) is 9.26. The summed E-state index contributed by atoms with van der Waals surface area (Å²) >= 11 is 0. The molecule has 2 nitrogen and oxygen atoms in total. The molecular weight excluding hydrogens is 164 g/mol. The van der Waals surface area contributed by atoms with E-state index in [0.29, 0.717) is 13.2 Å². The van der Waals surface area contributed by atoms with Crippen molar-refractivity contribution < 1.29 is 9.84 Å². The van der Waals surface area contributed by atoms with Crippen molar-refractivity contribution in [1.82, 2.24) is 0 Å². The van der Waals surface area contributed by atoms with Crippen LogP contribution in [-0.2, 0) is 18.0 Å². The SMILES string of the molecule is C#CC(O)c1ccc2c(c1)COC2. The summed E-state index contributed by atoms with van der Waals surface area (Å²) in [7, 11) is 0. The van der Waals surface area contributed by atoms with Crippen LogP contribution in [0.15, 0.2) is 18.2 Å². The van der Waals surface area contributed by atoms with Gasteiger partial charge in [-0.3, -0.25) is 0 Å². The van der Waals surface area contributed by atoms with E-state index in [1.54, 1.807) is 0 Å². The fourth-order valence-corrected chi connectivity index (χ4v) is 1.46. The molecule has 1 N–H and O–H groups in total. The second kappa shape index (κ2) is 3.21. The van der Waals surface area contributed by atoms with Gasteiger partial charge in [0.25, 0.3) is 0 Å². The molecule has 66 valence electrons. The van der Waals surface area contributed by atoms with Crippen LogP contribution in [0, 0.1) is 12.3 Å². The summed E-state index contributed by atoms with van der Waals surface area (Å²) in [6.07, 6.45) is 4.32. The highest BCUT2D eigenvalue weighted by Gasteiger charge is 2.13. The van der Waals surface area contributed by atoms with Crippen LogP contribution in [0.2, 0.25) is 0 Å². The second-order valence-electron chi connectivity index (χ2n) is 3.09. The van der Waals surface area contributed by atoms with Gasteiger partial charge in [0.2, 0.25) is 0 Å². The van der Waals surface area contributed by atoms with Crippen molar-refractivity contribution in [3.63, 3.8) is 0 Å². The largest absolute Gasteiger partial charge is 0.376 e. The lowest BCUT2D eigenvalue weighted by atomic mass is 10.0. The minimum atomic E-state index is -0.800. The Balaban J connectivity index is 2.37. The van der Waals surface area contributed by atoms with E-state index < -0.39 is 6.10 Å².